The van der Waals surface area contributed by atoms with Crippen molar-refractivity contribution in [1.82, 2.24) is 15.0 Å². The number of pyridine rings is 1. The first-order valence-electron chi connectivity index (χ1n) is 12.9. The summed E-state index contributed by atoms with van der Waals surface area (Å²) in [5.74, 6) is -1.93. The minimum atomic E-state index is -2.90. The van der Waals surface area contributed by atoms with Gasteiger partial charge >= 0.3 is 5.97 Å². The molecule has 3 heterocycles. The number of hydrogen-bond acceptors (Lipinski definition) is 6. The maximum absolute atomic E-state index is 15.0. The molecule has 0 aromatic carbocycles. The van der Waals surface area contributed by atoms with Gasteiger partial charge in [-0.3, -0.25) is 4.79 Å². The highest BCUT2D eigenvalue weighted by Gasteiger charge is 2.34. The molecule has 1 unspecified atom stereocenters. The van der Waals surface area contributed by atoms with E-state index in [4.69, 9.17) is 9.72 Å². The van der Waals surface area contributed by atoms with Gasteiger partial charge in [0.1, 0.15) is 11.6 Å². The smallest absolute Gasteiger partial charge is 0.306 e. The Morgan fingerprint density at radius 1 is 1.26 bits per heavy atom. The van der Waals surface area contributed by atoms with Gasteiger partial charge in [-0.15, -0.1) is 0 Å². The quantitative estimate of drug-likeness (QED) is 0.298. The van der Waals surface area contributed by atoms with Gasteiger partial charge < -0.3 is 10.1 Å². The Hall–Kier alpha value is -2.64. The molecule has 0 spiro atoms. The van der Waals surface area contributed by atoms with Gasteiger partial charge in [0.05, 0.1) is 13.0 Å². The number of unbranched alkanes of at least 4 members (excludes halogenated alkanes) is 1. The average molecular weight is 487 g/mol. The third-order valence-corrected chi connectivity index (χ3v) is 6.89. The van der Waals surface area contributed by atoms with Gasteiger partial charge in [0, 0.05) is 43.4 Å². The third kappa shape index (κ3) is 7.18. The van der Waals surface area contributed by atoms with Gasteiger partial charge in [-0.1, -0.05) is 6.07 Å². The maximum Gasteiger partial charge on any atom is 0.306 e. The molecule has 0 radical (unpaired) electrons. The van der Waals surface area contributed by atoms with Crippen LogP contribution in [-0.2, 0) is 22.4 Å². The second kappa shape index (κ2) is 11.4. The van der Waals surface area contributed by atoms with Crippen molar-refractivity contribution in [3.8, 4) is 0 Å². The number of fused-ring (bicyclic) bond motifs is 1. The van der Waals surface area contributed by atoms with Crippen molar-refractivity contribution in [1.29, 1.82) is 0 Å². The van der Waals surface area contributed by atoms with E-state index in [2.05, 4.69) is 21.4 Å². The van der Waals surface area contributed by atoms with E-state index in [0.29, 0.717) is 30.1 Å². The molecule has 190 valence electrons. The van der Waals surface area contributed by atoms with Crippen molar-refractivity contribution >= 4 is 11.8 Å². The molecule has 2 aromatic heterocycles. The molecule has 2 aromatic rings. The Labute approximate surface area is 206 Å². The van der Waals surface area contributed by atoms with Crippen LogP contribution in [0.1, 0.15) is 98.3 Å². The van der Waals surface area contributed by atoms with Crippen molar-refractivity contribution in [3.63, 3.8) is 0 Å². The van der Waals surface area contributed by atoms with Gasteiger partial charge in [0.15, 0.2) is 0 Å². The maximum atomic E-state index is 15.0. The zero-order chi connectivity index (χ0) is 24.8. The number of hydrogen-bond donors (Lipinski definition) is 1. The van der Waals surface area contributed by atoms with E-state index in [1.807, 2.05) is 0 Å². The molecule has 2 aliphatic rings. The SMILES string of the molecule is CCOC(=O)CC(CC(F)(F)CCCCc1nc2c(cc1C1CC1)CCCN2)c1cnc(C)nc1. The fraction of sp³-hybridized carbons (Fsp3) is 0.630. The number of alkyl halides is 2. The van der Waals surface area contributed by atoms with E-state index in [-0.39, 0.29) is 19.4 Å². The molecule has 35 heavy (non-hydrogen) atoms. The van der Waals surface area contributed by atoms with E-state index in [9.17, 15) is 4.79 Å². The molecule has 1 N–H and O–H groups in total. The number of aromatic nitrogens is 3. The fourth-order valence-corrected chi connectivity index (χ4v) is 4.87. The van der Waals surface area contributed by atoms with E-state index in [1.165, 1.54) is 36.4 Å². The molecular formula is C27H36F2N4O2. The first-order valence-corrected chi connectivity index (χ1v) is 12.9. The minimum absolute atomic E-state index is 0.105. The van der Waals surface area contributed by atoms with Gasteiger partial charge in [-0.2, -0.15) is 0 Å². The highest BCUT2D eigenvalue weighted by atomic mass is 19.3. The summed E-state index contributed by atoms with van der Waals surface area (Å²) in [5.41, 5.74) is 4.23. The first-order chi connectivity index (χ1) is 16.8. The summed E-state index contributed by atoms with van der Waals surface area (Å²) in [7, 11) is 0. The van der Waals surface area contributed by atoms with Crippen LogP contribution in [0.15, 0.2) is 18.5 Å². The van der Waals surface area contributed by atoms with Crippen LogP contribution in [-0.4, -0.2) is 40.0 Å². The lowest BCUT2D eigenvalue weighted by molar-refractivity contribution is -0.144. The lowest BCUT2D eigenvalue weighted by Gasteiger charge is -2.23. The molecule has 0 saturated heterocycles. The van der Waals surface area contributed by atoms with Crippen molar-refractivity contribution < 1.29 is 18.3 Å². The molecule has 8 heteroatoms. The molecule has 0 amide bonds. The van der Waals surface area contributed by atoms with Crippen LogP contribution in [0.5, 0.6) is 0 Å². The van der Waals surface area contributed by atoms with Crippen molar-refractivity contribution in [2.45, 2.75) is 95.8 Å². The number of rotatable bonds is 12. The monoisotopic (exact) mass is 486 g/mol. The van der Waals surface area contributed by atoms with Crippen LogP contribution in [0.25, 0.3) is 0 Å². The second-order valence-electron chi connectivity index (χ2n) is 9.87. The molecular weight excluding hydrogens is 450 g/mol. The zero-order valence-corrected chi connectivity index (χ0v) is 20.8. The van der Waals surface area contributed by atoms with Crippen LogP contribution < -0.4 is 5.32 Å². The number of aryl methyl sites for hydroxylation is 3. The van der Waals surface area contributed by atoms with Gasteiger partial charge in [-0.05, 0) is 81.4 Å². The number of esters is 1. The highest BCUT2D eigenvalue weighted by molar-refractivity contribution is 5.70. The first kappa shape index (κ1) is 25.5. The third-order valence-electron chi connectivity index (χ3n) is 6.89. The summed E-state index contributed by atoms with van der Waals surface area (Å²) < 4.78 is 35.1. The molecule has 1 aliphatic carbocycles. The summed E-state index contributed by atoms with van der Waals surface area (Å²) in [5, 5.41) is 3.39. The Bertz CT molecular complexity index is 1010. The number of carbonyl (C=O) groups excluding carboxylic acids is 1. The molecule has 0 bridgehead atoms. The van der Waals surface area contributed by atoms with Crippen LogP contribution in [0.2, 0.25) is 0 Å². The van der Waals surface area contributed by atoms with E-state index in [0.717, 1.165) is 37.3 Å². The van der Waals surface area contributed by atoms with Gasteiger partial charge in [-0.25, -0.2) is 23.7 Å². The normalized spacial score (nSPS) is 16.3. The molecule has 1 saturated carbocycles. The number of ether oxygens (including phenoxy) is 1. The van der Waals surface area contributed by atoms with E-state index < -0.39 is 24.2 Å². The predicted molar refractivity (Wildman–Crippen MR) is 131 cm³/mol. The summed E-state index contributed by atoms with van der Waals surface area (Å²) in [6.45, 7) is 4.61. The Balaban J connectivity index is 1.35. The van der Waals surface area contributed by atoms with Crippen LogP contribution in [0.4, 0.5) is 14.6 Å². The van der Waals surface area contributed by atoms with Crippen molar-refractivity contribution in [3.05, 3.63) is 46.7 Å². The number of nitrogens with one attached hydrogen (secondary N) is 1. The number of anilines is 1. The predicted octanol–water partition coefficient (Wildman–Crippen LogP) is 5.89. The van der Waals surface area contributed by atoms with Gasteiger partial charge in [0.2, 0.25) is 5.92 Å². The van der Waals surface area contributed by atoms with Crippen molar-refractivity contribution in [2.24, 2.45) is 0 Å². The Morgan fingerprint density at radius 2 is 2.03 bits per heavy atom. The molecule has 1 aliphatic heterocycles. The lowest BCUT2D eigenvalue weighted by atomic mass is 9.89. The summed E-state index contributed by atoms with van der Waals surface area (Å²) >= 11 is 0. The summed E-state index contributed by atoms with van der Waals surface area (Å²) in [6, 6.07) is 2.31. The summed E-state index contributed by atoms with van der Waals surface area (Å²) in [6.07, 6.45) is 8.69. The number of halogens is 2. The Kier molecular flexibility index (Phi) is 8.29. The van der Waals surface area contributed by atoms with Crippen molar-refractivity contribution in [2.75, 3.05) is 18.5 Å². The second-order valence-corrected chi connectivity index (χ2v) is 9.87. The molecule has 1 atom stereocenters. The topological polar surface area (TPSA) is 77.0 Å². The van der Waals surface area contributed by atoms with Gasteiger partial charge in [0.25, 0.3) is 0 Å². The van der Waals surface area contributed by atoms with E-state index in [1.54, 1.807) is 13.8 Å². The molecule has 4 rings (SSSR count). The minimum Gasteiger partial charge on any atom is -0.466 e. The number of carbonyl (C=O) groups is 1. The molecule has 6 nitrogen and oxygen atoms in total. The molecule has 1 fully saturated rings. The average Bonchev–Trinajstić information content (AvgIpc) is 3.67. The fourth-order valence-electron chi connectivity index (χ4n) is 4.87. The zero-order valence-electron chi connectivity index (χ0n) is 20.8. The lowest BCUT2D eigenvalue weighted by Crippen LogP contribution is -2.23. The van der Waals surface area contributed by atoms with Crippen LogP contribution >= 0.6 is 0 Å². The van der Waals surface area contributed by atoms with E-state index >= 15 is 8.78 Å². The standard InChI is InChI=1S/C27H36F2N4O2/c1-3-35-25(34)14-21(22-16-31-18(2)32-17-22)15-27(28,29)11-5-4-8-24-23(19-9-10-19)13-20-7-6-12-30-26(20)33-24/h13,16-17,19,21H,3-12,14-15H2,1-2H3,(H,30,33). The number of nitrogens with zero attached hydrogens (tertiary/aromatic N) is 3. The Morgan fingerprint density at radius 3 is 2.74 bits per heavy atom. The highest BCUT2D eigenvalue weighted by Crippen LogP contribution is 2.43. The van der Waals surface area contributed by atoms with Crippen LogP contribution in [0, 0.1) is 6.92 Å². The van der Waals surface area contributed by atoms with Crippen LogP contribution in [0.3, 0.4) is 0 Å². The summed E-state index contributed by atoms with van der Waals surface area (Å²) in [4.78, 5) is 25.2. The largest absolute Gasteiger partial charge is 0.466 e.